The lowest BCUT2D eigenvalue weighted by Gasteiger charge is -2.08. The molecule has 0 aliphatic heterocycles. The molecule has 7 nitrogen and oxygen atoms in total. The largest absolute Gasteiger partial charge is 0.361 e. The Bertz CT molecular complexity index is 1310. The average Bonchev–Trinajstić information content (AvgIpc) is 3.18. The molecule has 0 saturated heterocycles. The van der Waals surface area contributed by atoms with Crippen LogP contribution in [0.5, 0.6) is 0 Å². The van der Waals surface area contributed by atoms with Crippen LogP contribution in [0.25, 0.3) is 10.9 Å². The van der Waals surface area contributed by atoms with Gasteiger partial charge in [-0.05, 0) is 42.5 Å². The van der Waals surface area contributed by atoms with Crippen LogP contribution in [0.2, 0.25) is 0 Å². The third-order valence-corrected chi connectivity index (χ3v) is 5.84. The van der Waals surface area contributed by atoms with E-state index in [0.29, 0.717) is 11.3 Å². The van der Waals surface area contributed by atoms with Gasteiger partial charge in [0, 0.05) is 33.9 Å². The first-order chi connectivity index (χ1) is 14.5. The molecule has 0 aliphatic carbocycles. The lowest BCUT2D eigenvalue weighted by atomic mass is 10.2. The normalized spacial score (nSPS) is 11.6. The summed E-state index contributed by atoms with van der Waals surface area (Å²) in [5.41, 5.74) is 5.03. The Labute approximate surface area is 173 Å². The monoisotopic (exact) mass is 418 g/mol. The fourth-order valence-electron chi connectivity index (χ4n) is 2.93. The van der Waals surface area contributed by atoms with E-state index in [9.17, 15) is 13.2 Å². The summed E-state index contributed by atoms with van der Waals surface area (Å²) in [6.07, 6.45) is 3.38. The number of anilines is 1. The van der Waals surface area contributed by atoms with Gasteiger partial charge in [-0.15, -0.1) is 0 Å². The number of H-pyrrole nitrogens is 1. The summed E-state index contributed by atoms with van der Waals surface area (Å²) < 4.78 is 27.2. The minimum absolute atomic E-state index is 0.165. The number of rotatable bonds is 6. The number of carbonyl (C=O) groups excluding carboxylic acids is 1. The van der Waals surface area contributed by atoms with Crippen molar-refractivity contribution >= 4 is 38.7 Å². The quantitative estimate of drug-likeness (QED) is 0.328. The molecule has 0 unspecified atom stereocenters. The smallest absolute Gasteiger partial charge is 0.271 e. The molecule has 1 heterocycles. The van der Waals surface area contributed by atoms with Crippen molar-refractivity contribution in [2.24, 2.45) is 5.10 Å². The number of aromatic nitrogens is 1. The van der Waals surface area contributed by atoms with Crippen LogP contribution in [0, 0.1) is 0 Å². The van der Waals surface area contributed by atoms with Gasteiger partial charge in [0.2, 0.25) is 0 Å². The Morgan fingerprint density at radius 3 is 2.37 bits per heavy atom. The zero-order chi connectivity index (χ0) is 21.0. The van der Waals surface area contributed by atoms with Gasteiger partial charge in [-0.1, -0.05) is 36.4 Å². The van der Waals surface area contributed by atoms with Crippen LogP contribution in [0.15, 0.2) is 95.1 Å². The van der Waals surface area contributed by atoms with Crippen LogP contribution < -0.4 is 10.1 Å². The number of hydrogen-bond donors (Lipinski definition) is 3. The number of hydrazone groups is 1. The van der Waals surface area contributed by atoms with Gasteiger partial charge in [-0.25, -0.2) is 13.8 Å². The molecule has 0 bridgehead atoms. The molecule has 0 radical (unpaired) electrons. The van der Waals surface area contributed by atoms with Gasteiger partial charge in [0.15, 0.2) is 0 Å². The van der Waals surface area contributed by atoms with E-state index in [0.717, 1.165) is 16.5 Å². The Morgan fingerprint density at radius 1 is 0.900 bits per heavy atom. The highest BCUT2D eigenvalue weighted by Gasteiger charge is 2.13. The zero-order valence-electron chi connectivity index (χ0n) is 15.7. The molecule has 0 atom stereocenters. The number of hydrogen-bond acceptors (Lipinski definition) is 4. The van der Waals surface area contributed by atoms with Crippen molar-refractivity contribution in [2.75, 3.05) is 4.72 Å². The van der Waals surface area contributed by atoms with Gasteiger partial charge >= 0.3 is 0 Å². The summed E-state index contributed by atoms with van der Waals surface area (Å²) in [5.74, 6) is -0.399. The third-order valence-electron chi connectivity index (χ3n) is 4.44. The number of benzene rings is 3. The van der Waals surface area contributed by atoms with Crippen LogP contribution >= 0.6 is 0 Å². The molecule has 150 valence electrons. The van der Waals surface area contributed by atoms with Crippen molar-refractivity contribution in [1.82, 2.24) is 10.4 Å². The van der Waals surface area contributed by atoms with Crippen molar-refractivity contribution in [3.05, 3.63) is 96.2 Å². The van der Waals surface area contributed by atoms with Crippen molar-refractivity contribution in [3.8, 4) is 0 Å². The number of sulfonamides is 1. The van der Waals surface area contributed by atoms with Crippen LogP contribution in [0.3, 0.4) is 0 Å². The average molecular weight is 418 g/mol. The van der Waals surface area contributed by atoms with E-state index in [4.69, 9.17) is 0 Å². The molecule has 1 amide bonds. The van der Waals surface area contributed by atoms with Crippen molar-refractivity contribution in [1.29, 1.82) is 0 Å². The molecular weight excluding hydrogens is 400 g/mol. The van der Waals surface area contributed by atoms with Gasteiger partial charge in [-0.3, -0.25) is 9.52 Å². The van der Waals surface area contributed by atoms with Gasteiger partial charge < -0.3 is 4.98 Å². The second-order valence-corrected chi connectivity index (χ2v) is 8.17. The molecule has 4 aromatic rings. The number of para-hydroxylation sites is 1. The van der Waals surface area contributed by atoms with Crippen molar-refractivity contribution < 1.29 is 13.2 Å². The molecular formula is C22H18N4O3S. The summed E-state index contributed by atoms with van der Waals surface area (Å²) in [6.45, 7) is 0. The topological polar surface area (TPSA) is 103 Å². The Hall–Kier alpha value is -3.91. The van der Waals surface area contributed by atoms with Crippen LogP contribution in [-0.4, -0.2) is 25.5 Å². The third kappa shape index (κ3) is 4.23. The minimum Gasteiger partial charge on any atom is -0.361 e. The van der Waals surface area contributed by atoms with E-state index < -0.39 is 15.9 Å². The van der Waals surface area contributed by atoms with E-state index in [1.165, 1.54) is 36.4 Å². The summed E-state index contributed by atoms with van der Waals surface area (Å²) in [5, 5.41) is 5.01. The number of aromatic amines is 1. The number of amides is 1. The zero-order valence-corrected chi connectivity index (χ0v) is 16.6. The molecule has 3 aromatic carbocycles. The van der Waals surface area contributed by atoms with E-state index in [2.05, 4.69) is 20.2 Å². The maximum atomic E-state index is 12.4. The van der Waals surface area contributed by atoms with Gasteiger partial charge in [-0.2, -0.15) is 5.10 Å². The Balaban J connectivity index is 1.41. The SMILES string of the molecule is O=C(N/N=C\c1c[nH]c2ccccc12)c1ccc(NS(=O)(=O)c2ccccc2)cc1. The van der Waals surface area contributed by atoms with E-state index in [1.807, 2.05) is 30.5 Å². The molecule has 0 saturated carbocycles. The summed E-state index contributed by atoms with van der Waals surface area (Å²) in [4.78, 5) is 15.6. The fourth-order valence-corrected chi connectivity index (χ4v) is 4.01. The first kappa shape index (κ1) is 19.4. The minimum atomic E-state index is -3.68. The van der Waals surface area contributed by atoms with Crippen LogP contribution in [0.1, 0.15) is 15.9 Å². The first-order valence-corrected chi connectivity index (χ1v) is 10.6. The standard InChI is InChI=1S/C22H18N4O3S/c27-22(25-24-15-17-14-23-21-9-5-4-8-20(17)21)16-10-12-18(13-11-16)26-30(28,29)19-6-2-1-3-7-19/h1-15,23,26H,(H,25,27)/b24-15-. The van der Waals surface area contributed by atoms with Crippen LogP contribution in [-0.2, 0) is 10.0 Å². The van der Waals surface area contributed by atoms with E-state index >= 15 is 0 Å². The van der Waals surface area contributed by atoms with Gasteiger partial charge in [0.05, 0.1) is 11.1 Å². The molecule has 0 spiro atoms. The molecule has 30 heavy (non-hydrogen) atoms. The number of carbonyl (C=O) groups is 1. The molecule has 4 rings (SSSR count). The predicted molar refractivity (Wildman–Crippen MR) is 117 cm³/mol. The van der Waals surface area contributed by atoms with Gasteiger partial charge in [0.1, 0.15) is 0 Å². The maximum Gasteiger partial charge on any atom is 0.271 e. The van der Waals surface area contributed by atoms with Crippen LogP contribution in [0.4, 0.5) is 5.69 Å². The summed E-state index contributed by atoms with van der Waals surface area (Å²) in [7, 11) is -3.68. The predicted octanol–water partition coefficient (Wildman–Crippen LogP) is 3.73. The maximum absolute atomic E-state index is 12.4. The van der Waals surface area contributed by atoms with E-state index in [-0.39, 0.29) is 4.90 Å². The molecule has 0 aliphatic rings. The van der Waals surface area contributed by atoms with E-state index in [1.54, 1.807) is 24.4 Å². The lowest BCUT2D eigenvalue weighted by molar-refractivity contribution is 0.0955. The Morgan fingerprint density at radius 2 is 1.60 bits per heavy atom. The number of nitrogens with one attached hydrogen (secondary N) is 3. The lowest BCUT2D eigenvalue weighted by Crippen LogP contribution is -2.18. The highest BCUT2D eigenvalue weighted by molar-refractivity contribution is 7.92. The summed E-state index contributed by atoms with van der Waals surface area (Å²) in [6, 6.07) is 22.0. The Kier molecular flexibility index (Phi) is 5.32. The van der Waals surface area contributed by atoms with Crippen molar-refractivity contribution in [3.63, 3.8) is 0 Å². The highest BCUT2D eigenvalue weighted by atomic mass is 32.2. The second-order valence-electron chi connectivity index (χ2n) is 6.48. The fraction of sp³-hybridized carbons (Fsp3) is 0. The molecule has 8 heteroatoms. The number of nitrogens with zero attached hydrogens (tertiary/aromatic N) is 1. The highest BCUT2D eigenvalue weighted by Crippen LogP contribution is 2.17. The second kappa shape index (κ2) is 8.22. The number of fused-ring (bicyclic) bond motifs is 1. The molecule has 1 aromatic heterocycles. The molecule has 3 N–H and O–H groups in total. The van der Waals surface area contributed by atoms with Crippen molar-refractivity contribution in [2.45, 2.75) is 4.90 Å². The van der Waals surface area contributed by atoms with Gasteiger partial charge in [0.25, 0.3) is 15.9 Å². The summed E-state index contributed by atoms with van der Waals surface area (Å²) >= 11 is 0. The molecule has 0 fully saturated rings. The first-order valence-electron chi connectivity index (χ1n) is 9.10.